The van der Waals surface area contributed by atoms with E-state index in [0.717, 1.165) is 30.0 Å². The molecule has 1 amide bonds. The number of nitrogens with one attached hydrogen (secondary N) is 1. The van der Waals surface area contributed by atoms with Gasteiger partial charge in [0.1, 0.15) is 11.6 Å². The minimum absolute atomic E-state index is 0.0639. The van der Waals surface area contributed by atoms with Crippen molar-refractivity contribution < 1.29 is 13.6 Å². The smallest absolute Gasteiger partial charge is 0.234 e. The Labute approximate surface area is 123 Å². The first kappa shape index (κ1) is 14.7. The third-order valence-corrected chi connectivity index (χ3v) is 3.62. The van der Waals surface area contributed by atoms with E-state index in [1.165, 1.54) is 6.20 Å². The number of thioether (sulfide) groups is 1. The predicted octanol–water partition coefficient (Wildman–Crippen LogP) is 3.74. The van der Waals surface area contributed by atoms with Crippen molar-refractivity contribution in [3.63, 3.8) is 0 Å². The van der Waals surface area contributed by atoms with Crippen LogP contribution in [0.2, 0.25) is 5.15 Å². The molecular weight excluding hydrogens is 306 g/mol. The largest absolute Gasteiger partial charge is 0.323 e. The van der Waals surface area contributed by atoms with Gasteiger partial charge >= 0.3 is 0 Å². The van der Waals surface area contributed by atoms with Crippen LogP contribution in [0.1, 0.15) is 0 Å². The monoisotopic (exact) mass is 314 g/mol. The van der Waals surface area contributed by atoms with Gasteiger partial charge in [-0.3, -0.25) is 4.79 Å². The van der Waals surface area contributed by atoms with Gasteiger partial charge in [-0.05, 0) is 30.3 Å². The summed E-state index contributed by atoms with van der Waals surface area (Å²) >= 11 is 6.69. The Hall–Kier alpha value is -1.66. The number of aromatic nitrogens is 1. The van der Waals surface area contributed by atoms with Crippen LogP contribution in [0.25, 0.3) is 0 Å². The first-order valence-electron chi connectivity index (χ1n) is 5.54. The average molecular weight is 315 g/mol. The predicted molar refractivity (Wildman–Crippen MR) is 75.0 cm³/mol. The zero-order valence-electron chi connectivity index (χ0n) is 10.1. The molecule has 0 fully saturated rings. The molecule has 3 nitrogen and oxygen atoms in total. The Balaban J connectivity index is 1.96. The summed E-state index contributed by atoms with van der Waals surface area (Å²) in [5.74, 6) is -1.56. The van der Waals surface area contributed by atoms with Crippen molar-refractivity contribution in [3.8, 4) is 0 Å². The number of amides is 1. The lowest BCUT2D eigenvalue weighted by molar-refractivity contribution is -0.113. The van der Waals surface area contributed by atoms with Crippen molar-refractivity contribution >= 4 is 35.0 Å². The molecular formula is C13H9ClF2N2OS. The lowest BCUT2D eigenvalue weighted by Gasteiger charge is -2.06. The van der Waals surface area contributed by atoms with Gasteiger partial charge in [-0.25, -0.2) is 13.8 Å². The molecule has 0 aliphatic heterocycles. The number of hydrogen-bond acceptors (Lipinski definition) is 3. The summed E-state index contributed by atoms with van der Waals surface area (Å²) in [6, 6.07) is 6.31. The fraction of sp³-hybridized carbons (Fsp3) is 0.0769. The molecule has 0 bridgehead atoms. The highest BCUT2D eigenvalue weighted by atomic mass is 35.5. The summed E-state index contributed by atoms with van der Waals surface area (Å²) in [5.41, 5.74) is 0.375. The summed E-state index contributed by atoms with van der Waals surface area (Å²) in [5, 5.41) is 2.71. The number of carbonyl (C=O) groups is 1. The van der Waals surface area contributed by atoms with E-state index in [-0.39, 0.29) is 21.7 Å². The van der Waals surface area contributed by atoms with Crippen molar-refractivity contribution in [2.45, 2.75) is 4.90 Å². The molecule has 1 N–H and O–H groups in total. The minimum atomic E-state index is -0.566. The number of nitrogens with zero attached hydrogens (tertiary/aromatic N) is 1. The van der Waals surface area contributed by atoms with Gasteiger partial charge in [-0.2, -0.15) is 0 Å². The Bertz CT molecular complexity index is 640. The van der Waals surface area contributed by atoms with E-state index >= 15 is 0 Å². The highest BCUT2D eigenvalue weighted by Gasteiger charge is 2.10. The Morgan fingerprint density at radius 1 is 1.35 bits per heavy atom. The molecule has 0 aliphatic carbocycles. The van der Waals surface area contributed by atoms with E-state index in [2.05, 4.69) is 10.3 Å². The van der Waals surface area contributed by atoms with Gasteiger partial charge in [0.2, 0.25) is 5.91 Å². The zero-order chi connectivity index (χ0) is 14.5. The quantitative estimate of drug-likeness (QED) is 0.690. The fourth-order valence-corrected chi connectivity index (χ4v) is 2.32. The van der Waals surface area contributed by atoms with Crippen molar-refractivity contribution in [2.75, 3.05) is 11.1 Å². The maximum absolute atomic E-state index is 13.4. The molecule has 1 aromatic heterocycles. The topological polar surface area (TPSA) is 42.0 Å². The minimum Gasteiger partial charge on any atom is -0.323 e. The van der Waals surface area contributed by atoms with Crippen molar-refractivity contribution in [2.24, 2.45) is 0 Å². The molecule has 2 rings (SSSR count). The van der Waals surface area contributed by atoms with Gasteiger partial charge in [0.15, 0.2) is 5.15 Å². The van der Waals surface area contributed by atoms with E-state index < -0.39 is 11.6 Å². The number of benzene rings is 1. The third-order valence-electron chi connectivity index (χ3n) is 2.29. The van der Waals surface area contributed by atoms with Gasteiger partial charge in [-0.15, -0.1) is 11.8 Å². The molecule has 0 atom stereocenters. The second-order valence-electron chi connectivity index (χ2n) is 3.75. The van der Waals surface area contributed by atoms with Crippen LogP contribution < -0.4 is 5.32 Å². The van der Waals surface area contributed by atoms with Gasteiger partial charge in [0.25, 0.3) is 0 Å². The lowest BCUT2D eigenvalue weighted by Crippen LogP contribution is -2.14. The Kier molecular flexibility index (Phi) is 4.92. The molecule has 0 radical (unpaired) electrons. The third kappa shape index (κ3) is 3.91. The number of halogens is 3. The van der Waals surface area contributed by atoms with Crippen molar-refractivity contribution in [1.82, 2.24) is 4.98 Å². The van der Waals surface area contributed by atoms with Gasteiger partial charge in [0.05, 0.1) is 11.4 Å². The summed E-state index contributed by atoms with van der Waals surface area (Å²) in [7, 11) is 0. The highest BCUT2D eigenvalue weighted by Crippen LogP contribution is 2.23. The van der Waals surface area contributed by atoms with Crippen molar-refractivity contribution in [1.29, 1.82) is 0 Å². The summed E-state index contributed by atoms with van der Waals surface area (Å²) in [6.45, 7) is 0. The average Bonchev–Trinajstić information content (AvgIpc) is 2.42. The number of hydrogen-bond donors (Lipinski definition) is 1. The van der Waals surface area contributed by atoms with Crippen LogP contribution in [0.5, 0.6) is 0 Å². The molecule has 104 valence electrons. The summed E-state index contributed by atoms with van der Waals surface area (Å²) in [6.07, 6.45) is 1.49. The highest BCUT2D eigenvalue weighted by molar-refractivity contribution is 8.00. The molecule has 1 heterocycles. The number of pyridine rings is 1. The van der Waals surface area contributed by atoms with E-state index in [4.69, 9.17) is 11.6 Å². The molecule has 0 spiro atoms. The fourth-order valence-electron chi connectivity index (χ4n) is 1.40. The molecule has 0 saturated carbocycles. The van der Waals surface area contributed by atoms with Crippen molar-refractivity contribution in [3.05, 3.63) is 53.3 Å². The van der Waals surface area contributed by atoms with Crippen LogP contribution in [0.3, 0.4) is 0 Å². The van der Waals surface area contributed by atoms with Crippen LogP contribution in [-0.4, -0.2) is 16.6 Å². The summed E-state index contributed by atoms with van der Waals surface area (Å²) in [4.78, 5) is 15.6. The normalized spacial score (nSPS) is 10.3. The number of rotatable bonds is 4. The van der Waals surface area contributed by atoms with Crippen LogP contribution >= 0.6 is 23.4 Å². The van der Waals surface area contributed by atoms with Crippen LogP contribution in [-0.2, 0) is 4.79 Å². The zero-order valence-corrected chi connectivity index (χ0v) is 11.6. The molecule has 2 aromatic rings. The molecule has 20 heavy (non-hydrogen) atoms. The van der Waals surface area contributed by atoms with E-state index in [1.807, 2.05) is 0 Å². The first-order chi connectivity index (χ1) is 9.56. The second kappa shape index (κ2) is 6.67. The van der Waals surface area contributed by atoms with E-state index in [0.29, 0.717) is 5.69 Å². The Morgan fingerprint density at radius 2 is 2.15 bits per heavy atom. The molecule has 7 heteroatoms. The lowest BCUT2D eigenvalue weighted by atomic mass is 10.3. The Morgan fingerprint density at radius 3 is 2.90 bits per heavy atom. The van der Waals surface area contributed by atoms with Crippen LogP contribution in [0, 0.1) is 11.6 Å². The van der Waals surface area contributed by atoms with Gasteiger partial charge in [-0.1, -0.05) is 11.6 Å². The molecule has 0 saturated heterocycles. The van der Waals surface area contributed by atoms with Crippen LogP contribution in [0.4, 0.5) is 14.5 Å². The summed E-state index contributed by atoms with van der Waals surface area (Å²) < 4.78 is 26.3. The van der Waals surface area contributed by atoms with Gasteiger partial charge in [0, 0.05) is 11.1 Å². The van der Waals surface area contributed by atoms with E-state index in [9.17, 15) is 13.6 Å². The number of carbonyl (C=O) groups excluding carboxylic acids is 1. The molecule has 1 aromatic carbocycles. The molecule has 0 unspecified atom stereocenters. The molecule has 0 aliphatic rings. The maximum Gasteiger partial charge on any atom is 0.234 e. The standard InChI is InChI=1S/C13H9ClF2N2OS/c14-13-10(2-1-5-17-13)18-12(19)7-20-11-6-8(15)3-4-9(11)16/h1-6H,7H2,(H,18,19). The van der Waals surface area contributed by atoms with Gasteiger partial charge < -0.3 is 5.32 Å². The number of anilines is 1. The second-order valence-corrected chi connectivity index (χ2v) is 5.13. The first-order valence-corrected chi connectivity index (χ1v) is 6.91. The van der Waals surface area contributed by atoms with Crippen LogP contribution in [0.15, 0.2) is 41.4 Å². The van der Waals surface area contributed by atoms with E-state index in [1.54, 1.807) is 12.1 Å². The SMILES string of the molecule is O=C(CSc1cc(F)ccc1F)Nc1cccnc1Cl. The maximum atomic E-state index is 13.4.